The van der Waals surface area contributed by atoms with E-state index in [1.54, 1.807) is 6.26 Å². The summed E-state index contributed by atoms with van der Waals surface area (Å²) in [4.78, 5) is 15.5. The number of hydrogen-bond donors (Lipinski definition) is 1. The molecule has 0 fully saturated rings. The van der Waals surface area contributed by atoms with E-state index in [1.807, 2.05) is 43.3 Å². The van der Waals surface area contributed by atoms with E-state index in [0.29, 0.717) is 5.56 Å². The molecule has 3 nitrogen and oxygen atoms in total. The van der Waals surface area contributed by atoms with Crippen LogP contribution in [0.1, 0.15) is 15.9 Å². The van der Waals surface area contributed by atoms with Crippen molar-refractivity contribution in [1.82, 2.24) is 4.98 Å². The molecule has 0 aliphatic heterocycles. The van der Waals surface area contributed by atoms with E-state index < -0.39 is 10.8 Å². The number of benzene rings is 2. The van der Waals surface area contributed by atoms with Gasteiger partial charge in [0.2, 0.25) is 0 Å². The van der Waals surface area contributed by atoms with Crippen molar-refractivity contribution in [3.8, 4) is 0 Å². The summed E-state index contributed by atoms with van der Waals surface area (Å²) in [7, 11) is -1.11. The minimum atomic E-state index is -1.11. The number of aromatic amines is 1. The monoisotopic (exact) mass is 285 g/mol. The molecule has 2 aromatic carbocycles. The summed E-state index contributed by atoms with van der Waals surface area (Å²) >= 11 is 0. The number of H-pyrrole nitrogens is 1. The van der Waals surface area contributed by atoms with Crippen molar-refractivity contribution in [2.45, 2.75) is 6.92 Å². The molecule has 1 unspecified atom stereocenters. The van der Waals surface area contributed by atoms with Gasteiger partial charge in [0.1, 0.15) is 0 Å². The molecule has 20 heavy (non-hydrogen) atoms. The van der Waals surface area contributed by atoms with Crippen LogP contribution in [0.15, 0.2) is 36.4 Å². The predicted octanol–water partition coefficient (Wildman–Crippen LogP) is 3.19. The summed E-state index contributed by atoms with van der Waals surface area (Å²) < 4.78 is 11.2. The lowest BCUT2D eigenvalue weighted by Crippen LogP contribution is -2.09. The molecule has 0 spiro atoms. The molecule has 3 aromatic rings. The summed E-state index contributed by atoms with van der Waals surface area (Å²) in [6.45, 7) is 1.98. The zero-order valence-electron chi connectivity index (χ0n) is 11.4. The number of fused-ring (bicyclic) bond motifs is 3. The molecule has 0 amide bonds. The van der Waals surface area contributed by atoms with E-state index in [9.17, 15) is 9.00 Å². The fourth-order valence-electron chi connectivity index (χ4n) is 2.56. The SMILES string of the molecule is Cc1cc(C(=O)CS(C)=O)cc2c1[nH]c1ccccc12. The minimum Gasteiger partial charge on any atom is -0.354 e. The van der Waals surface area contributed by atoms with Crippen LogP contribution in [0.3, 0.4) is 0 Å². The molecular formula is C16H15NO2S. The second-order valence-corrected chi connectivity index (χ2v) is 6.46. The van der Waals surface area contributed by atoms with Crippen molar-refractivity contribution in [2.24, 2.45) is 0 Å². The van der Waals surface area contributed by atoms with Gasteiger partial charge in [-0.1, -0.05) is 18.2 Å². The fourth-order valence-corrected chi connectivity index (χ4v) is 3.09. The van der Waals surface area contributed by atoms with Gasteiger partial charge in [-0.15, -0.1) is 0 Å². The van der Waals surface area contributed by atoms with E-state index in [0.717, 1.165) is 27.4 Å². The number of nitrogens with one attached hydrogen (secondary N) is 1. The van der Waals surface area contributed by atoms with Crippen LogP contribution in [-0.4, -0.2) is 27.0 Å². The third-order valence-corrected chi connectivity index (χ3v) is 4.14. The first-order chi connectivity index (χ1) is 9.56. The molecule has 1 heterocycles. The fraction of sp³-hybridized carbons (Fsp3) is 0.188. The number of rotatable bonds is 3. The highest BCUT2D eigenvalue weighted by Gasteiger charge is 2.13. The van der Waals surface area contributed by atoms with Crippen LogP contribution in [0, 0.1) is 6.92 Å². The van der Waals surface area contributed by atoms with Gasteiger partial charge in [-0.3, -0.25) is 9.00 Å². The second-order valence-electron chi connectivity index (χ2n) is 5.03. The molecule has 1 aromatic heterocycles. The lowest BCUT2D eigenvalue weighted by molar-refractivity contribution is 0.102. The quantitative estimate of drug-likeness (QED) is 0.751. The van der Waals surface area contributed by atoms with Crippen LogP contribution < -0.4 is 0 Å². The van der Waals surface area contributed by atoms with Gasteiger partial charge in [-0.25, -0.2) is 0 Å². The van der Waals surface area contributed by atoms with Gasteiger partial charge in [0, 0.05) is 44.4 Å². The Hall–Kier alpha value is -1.94. The number of ketones is 1. The van der Waals surface area contributed by atoms with Gasteiger partial charge in [0.15, 0.2) is 5.78 Å². The second kappa shape index (κ2) is 4.87. The first kappa shape index (κ1) is 13.1. The zero-order chi connectivity index (χ0) is 14.3. The highest BCUT2D eigenvalue weighted by atomic mass is 32.2. The van der Waals surface area contributed by atoms with Gasteiger partial charge >= 0.3 is 0 Å². The van der Waals surface area contributed by atoms with Crippen LogP contribution in [0.25, 0.3) is 21.8 Å². The average Bonchev–Trinajstić information content (AvgIpc) is 2.77. The minimum absolute atomic E-state index is 0.0684. The standard InChI is InChI=1S/C16H15NO2S/c1-10-7-11(15(18)9-20(2)19)8-13-12-5-3-4-6-14(12)17-16(10)13/h3-8,17H,9H2,1-2H3. The summed E-state index contributed by atoms with van der Waals surface area (Å²) in [6, 6.07) is 11.8. The first-order valence-electron chi connectivity index (χ1n) is 6.40. The molecule has 0 radical (unpaired) electrons. The highest BCUT2D eigenvalue weighted by molar-refractivity contribution is 7.85. The molecule has 0 aliphatic rings. The Morgan fingerprint density at radius 3 is 2.70 bits per heavy atom. The van der Waals surface area contributed by atoms with E-state index in [1.165, 1.54) is 0 Å². The van der Waals surface area contributed by atoms with E-state index >= 15 is 0 Å². The number of carbonyl (C=O) groups is 1. The molecule has 0 bridgehead atoms. The predicted molar refractivity (Wildman–Crippen MR) is 83.8 cm³/mol. The molecule has 4 heteroatoms. The normalized spacial score (nSPS) is 12.9. The number of hydrogen-bond acceptors (Lipinski definition) is 2. The van der Waals surface area contributed by atoms with Crippen molar-refractivity contribution in [3.05, 3.63) is 47.5 Å². The van der Waals surface area contributed by atoms with E-state index in [2.05, 4.69) is 4.98 Å². The van der Waals surface area contributed by atoms with Crippen molar-refractivity contribution < 1.29 is 9.00 Å². The Labute approximate surface area is 119 Å². The Morgan fingerprint density at radius 1 is 1.20 bits per heavy atom. The zero-order valence-corrected chi connectivity index (χ0v) is 12.2. The average molecular weight is 285 g/mol. The molecule has 0 saturated carbocycles. The third-order valence-electron chi connectivity index (χ3n) is 3.47. The maximum Gasteiger partial charge on any atom is 0.175 e. The molecule has 102 valence electrons. The molecule has 3 rings (SSSR count). The Balaban J connectivity index is 2.24. The Morgan fingerprint density at radius 2 is 1.95 bits per heavy atom. The molecule has 1 N–H and O–H groups in total. The highest BCUT2D eigenvalue weighted by Crippen LogP contribution is 2.28. The number of aromatic nitrogens is 1. The lowest BCUT2D eigenvalue weighted by atomic mass is 10.0. The Kier molecular flexibility index (Phi) is 3.18. The maximum absolute atomic E-state index is 12.1. The molecule has 0 aliphatic carbocycles. The van der Waals surface area contributed by atoms with Crippen LogP contribution in [0.4, 0.5) is 0 Å². The van der Waals surface area contributed by atoms with Crippen LogP contribution in [0.2, 0.25) is 0 Å². The first-order valence-corrected chi connectivity index (χ1v) is 8.13. The summed E-state index contributed by atoms with van der Waals surface area (Å²) in [5, 5.41) is 2.16. The smallest absolute Gasteiger partial charge is 0.175 e. The van der Waals surface area contributed by atoms with E-state index in [4.69, 9.17) is 0 Å². The topological polar surface area (TPSA) is 49.9 Å². The van der Waals surface area contributed by atoms with Gasteiger partial charge < -0.3 is 4.98 Å². The molecule has 0 saturated heterocycles. The van der Waals surface area contributed by atoms with Gasteiger partial charge in [0.05, 0.1) is 5.75 Å². The number of para-hydroxylation sites is 1. The van der Waals surface area contributed by atoms with Crippen LogP contribution in [-0.2, 0) is 10.8 Å². The molecular weight excluding hydrogens is 270 g/mol. The van der Waals surface area contributed by atoms with Crippen molar-refractivity contribution in [3.63, 3.8) is 0 Å². The van der Waals surface area contributed by atoms with Crippen LogP contribution in [0.5, 0.6) is 0 Å². The summed E-state index contributed by atoms with van der Waals surface area (Å²) in [5.74, 6) is 0.00828. The van der Waals surface area contributed by atoms with E-state index in [-0.39, 0.29) is 11.5 Å². The number of carbonyl (C=O) groups excluding carboxylic acids is 1. The van der Waals surface area contributed by atoms with Gasteiger partial charge in [0.25, 0.3) is 0 Å². The number of aryl methyl sites for hydroxylation is 1. The van der Waals surface area contributed by atoms with Crippen LogP contribution >= 0.6 is 0 Å². The van der Waals surface area contributed by atoms with Crippen molar-refractivity contribution in [2.75, 3.05) is 12.0 Å². The number of Topliss-reactive ketones (excluding diaryl/α,β-unsaturated/α-hetero) is 1. The molecule has 1 atom stereocenters. The lowest BCUT2D eigenvalue weighted by Gasteiger charge is -2.03. The van der Waals surface area contributed by atoms with Crippen molar-refractivity contribution >= 4 is 38.4 Å². The Bertz CT molecular complexity index is 848. The largest absolute Gasteiger partial charge is 0.354 e. The van der Waals surface area contributed by atoms with Crippen molar-refractivity contribution in [1.29, 1.82) is 0 Å². The maximum atomic E-state index is 12.1. The van der Waals surface area contributed by atoms with Gasteiger partial charge in [-0.2, -0.15) is 0 Å². The summed E-state index contributed by atoms with van der Waals surface area (Å²) in [5.41, 5.74) is 3.79. The summed E-state index contributed by atoms with van der Waals surface area (Å²) in [6.07, 6.45) is 1.55. The van der Waals surface area contributed by atoms with Gasteiger partial charge in [-0.05, 0) is 30.7 Å². The third kappa shape index (κ3) is 2.16.